The number of β-lactam (4-membered cyclic amide) rings is 1. The van der Waals surface area contributed by atoms with Crippen LogP contribution in [0.3, 0.4) is 0 Å². The molecule has 1 spiro atoms. The number of anilines is 2. The molecule has 2 fully saturated rings. The Hall–Kier alpha value is -3.99. The van der Waals surface area contributed by atoms with Gasteiger partial charge in [-0.3, -0.25) is 19.3 Å². The van der Waals surface area contributed by atoms with E-state index in [2.05, 4.69) is 32.2 Å². The first-order chi connectivity index (χ1) is 21.5. The van der Waals surface area contributed by atoms with Gasteiger partial charge >= 0.3 is 5.97 Å². The van der Waals surface area contributed by atoms with Crippen molar-refractivity contribution in [3.05, 3.63) is 83.9 Å². The molecule has 0 saturated carbocycles. The van der Waals surface area contributed by atoms with Gasteiger partial charge in [0.05, 0.1) is 39.9 Å². The Balaban J connectivity index is 1.47. The molecular formula is C35H40N2O7Si. The number of fused-ring (bicyclic) bond motifs is 2. The maximum Gasteiger partial charge on any atom is 0.304 e. The summed E-state index contributed by atoms with van der Waals surface area (Å²) < 4.78 is 17.8. The van der Waals surface area contributed by atoms with Crippen LogP contribution in [0.25, 0.3) is 0 Å². The lowest BCUT2D eigenvalue weighted by Crippen LogP contribution is -2.55. The van der Waals surface area contributed by atoms with Gasteiger partial charge < -0.3 is 24.2 Å². The van der Waals surface area contributed by atoms with E-state index in [-0.39, 0.29) is 42.4 Å². The van der Waals surface area contributed by atoms with Crippen LogP contribution < -0.4 is 19.7 Å². The Morgan fingerprint density at radius 3 is 2.40 bits per heavy atom. The minimum absolute atomic E-state index is 0.0189. The predicted molar refractivity (Wildman–Crippen MR) is 173 cm³/mol. The molecule has 9 nitrogen and oxygen atoms in total. The largest absolute Gasteiger partial charge is 0.497 e. The second-order valence-corrected chi connectivity index (χ2v) is 17.5. The molecule has 1 N–H and O–H groups in total. The zero-order valence-electron chi connectivity index (χ0n) is 26.4. The predicted octanol–water partition coefficient (Wildman–Crippen LogP) is 4.47. The lowest BCUT2D eigenvalue weighted by Gasteiger charge is -2.39. The highest BCUT2D eigenvalue weighted by molar-refractivity contribution is 6.91. The highest BCUT2D eigenvalue weighted by Gasteiger charge is 2.66. The third-order valence-electron chi connectivity index (χ3n) is 9.90. The minimum atomic E-state index is -2.34. The number of aliphatic hydroxyl groups is 1. The number of rotatable bonds is 9. The summed E-state index contributed by atoms with van der Waals surface area (Å²) in [5, 5.41) is 11.4. The summed E-state index contributed by atoms with van der Waals surface area (Å²) in [5.74, 6) is -0.254. The standard InChI is InChI=1S/C35H40N2O7Si/c1-22-33(45(4,5)27-14-12-26(42-3)13-15-27)30(17-18-38)44-35(22)28-19-25(37-31(40)20-32(37)43-23(2)39)11-16-29(28)36(34(35)41)21-24-9-7-6-8-10-24/h6-16,19,22,30,32-33,38H,17-18,20-21H2,1-5H3/t22-,30+,32?,33-,35+/m1/s1. The number of nitrogens with zero attached hydrogens (tertiary/aromatic N) is 2. The molecule has 1 unspecified atom stereocenters. The molecule has 3 aliphatic rings. The number of carbonyl (C=O) groups excluding carboxylic acids is 3. The second kappa shape index (κ2) is 11.7. The fraction of sp³-hybridized carbons (Fsp3) is 0.400. The van der Waals surface area contributed by atoms with Crippen molar-refractivity contribution in [2.45, 2.75) is 69.8 Å². The molecule has 0 bridgehead atoms. The maximum absolute atomic E-state index is 14.9. The molecule has 0 radical (unpaired) electrons. The summed E-state index contributed by atoms with van der Waals surface area (Å²) in [6.45, 7) is 8.29. The van der Waals surface area contributed by atoms with Crippen molar-refractivity contribution in [2.75, 3.05) is 23.5 Å². The summed E-state index contributed by atoms with van der Waals surface area (Å²) >= 11 is 0. The quantitative estimate of drug-likeness (QED) is 0.212. The van der Waals surface area contributed by atoms with Gasteiger partial charge in [-0.05, 0) is 47.9 Å². The molecule has 45 heavy (non-hydrogen) atoms. The molecule has 3 aromatic carbocycles. The normalized spacial score (nSPS) is 25.8. The number of carbonyl (C=O) groups is 3. The van der Waals surface area contributed by atoms with E-state index >= 15 is 0 Å². The van der Waals surface area contributed by atoms with E-state index in [4.69, 9.17) is 14.2 Å². The lowest BCUT2D eigenvalue weighted by atomic mass is 9.82. The minimum Gasteiger partial charge on any atom is -0.497 e. The monoisotopic (exact) mass is 628 g/mol. The van der Waals surface area contributed by atoms with Crippen molar-refractivity contribution in [3.8, 4) is 5.75 Å². The Labute approximate surface area is 264 Å². The van der Waals surface area contributed by atoms with Gasteiger partial charge in [0, 0.05) is 30.7 Å². The van der Waals surface area contributed by atoms with E-state index in [9.17, 15) is 19.5 Å². The van der Waals surface area contributed by atoms with Gasteiger partial charge in [-0.25, -0.2) is 0 Å². The zero-order valence-corrected chi connectivity index (χ0v) is 27.4. The molecule has 3 aromatic rings. The highest BCUT2D eigenvalue weighted by Crippen LogP contribution is 2.60. The molecule has 5 atom stereocenters. The van der Waals surface area contributed by atoms with E-state index in [0.717, 1.165) is 17.0 Å². The highest BCUT2D eigenvalue weighted by atomic mass is 28.3. The fourth-order valence-electron chi connectivity index (χ4n) is 7.75. The molecule has 0 aromatic heterocycles. The molecule has 236 valence electrons. The first-order valence-electron chi connectivity index (χ1n) is 15.5. The summed E-state index contributed by atoms with van der Waals surface area (Å²) in [5.41, 5.74) is 1.60. The summed E-state index contributed by atoms with van der Waals surface area (Å²) in [4.78, 5) is 42.7. The fourth-order valence-corrected chi connectivity index (χ4v) is 11.8. The molecule has 3 aliphatic heterocycles. The number of aliphatic hydroxyl groups excluding tert-OH is 1. The molecule has 2 saturated heterocycles. The third kappa shape index (κ3) is 5.05. The van der Waals surface area contributed by atoms with Gasteiger partial charge in [-0.2, -0.15) is 0 Å². The smallest absolute Gasteiger partial charge is 0.304 e. The second-order valence-electron chi connectivity index (χ2n) is 12.8. The van der Waals surface area contributed by atoms with Crippen LogP contribution in [0.2, 0.25) is 18.6 Å². The van der Waals surface area contributed by atoms with Crippen LogP contribution in [0, 0.1) is 5.92 Å². The zero-order chi connectivity index (χ0) is 32.1. The number of esters is 1. The van der Waals surface area contributed by atoms with Crippen molar-refractivity contribution in [1.82, 2.24) is 0 Å². The van der Waals surface area contributed by atoms with Crippen molar-refractivity contribution < 1.29 is 33.7 Å². The molecule has 10 heteroatoms. The van der Waals surface area contributed by atoms with E-state index in [1.54, 1.807) is 18.1 Å². The number of hydrogen-bond donors (Lipinski definition) is 1. The number of amides is 2. The van der Waals surface area contributed by atoms with Crippen molar-refractivity contribution in [2.24, 2.45) is 5.92 Å². The van der Waals surface area contributed by atoms with Crippen molar-refractivity contribution >= 4 is 42.4 Å². The molecule has 6 rings (SSSR count). The Kier molecular flexibility index (Phi) is 8.09. The van der Waals surface area contributed by atoms with Gasteiger partial charge in [0.2, 0.25) is 5.91 Å². The molecule has 3 heterocycles. The Morgan fingerprint density at radius 1 is 1.07 bits per heavy atom. The number of benzene rings is 3. The van der Waals surface area contributed by atoms with Gasteiger partial charge in [0.15, 0.2) is 11.8 Å². The average Bonchev–Trinajstić information content (AvgIpc) is 3.44. The van der Waals surface area contributed by atoms with Crippen LogP contribution in [0.5, 0.6) is 5.75 Å². The van der Waals surface area contributed by atoms with E-state index in [0.29, 0.717) is 24.2 Å². The molecule has 0 aliphatic carbocycles. The van der Waals surface area contributed by atoms with Gasteiger partial charge in [0.1, 0.15) is 5.75 Å². The van der Waals surface area contributed by atoms with Gasteiger partial charge in [-0.1, -0.05) is 67.7 Å². The summed E-state index contributed by atoms with van der Waals surface area (Å²) in [6.07, 6.45) is -0.565. The first-order valence-corrected chi connectivity index (χ1v) is 18.5. The SMILES string of the molecule is COc1ccc([Si](C)(C)[C@H]2[C@H](CCO)O[C@@]3(C(=O)N(Cc4ccccc4)c4ccc(N5C(=O)CC5OC(C)=O)cc43)[C@@H]2C)cc1. The van der Waals surface area contributed by atoms with Crippen LogP contribution in [0.4, 0.5) is 11.4 Å². The maximum atomic E-state index is 14.9. The summed E-state index contributed by atoms with van der Waals surface area (Å²) in [7, 11) is -0.697. The van der Waals surface area contributed by atoms with Crippen molar-refractivity contribution in [3.63, 3.8) is 0 Å². The van der Waals surface area contributed by atoms with E-state index < -0.39 is 25.9 Å². The number of ether oxygens (including phenoxy) is 3. The van der Waals surface area contributed by atoms with Crippen molar-refractivity contribution in [1.29, 1.82) is 0 Å². The lowest BCUT2D eigenvalue weighted by molar-refractivity contribution is -0.153. The van der Waals surface area contributed by atoms with E-state index in [1.807, 2.05) is 54.6 Å². The number of hydrogen-bond acceptors (Lipinski definition) is 7. The topological polar surface area (TPSA) is 106 Å². The van der Waals surface area contributed by atoms with E-state index in [1.165, 1.54) is 17.0 Å². The Bertz CT molecular complexity index is 1610. The number of methoxy groups -OCH3 is 1. The van der Waals surface area contributed by atoms with Crippen LogP contribution in [-0.2, 0) is 36.0 Å². The van der Waals surface area contributed by atoms with Crippen LogP contribution in [0.1, 0.15) is 37.8 Å². The average molecular weight is 629 g/mol. The van der Waals surface area contributed by atoms with Crippen LogP contribution >= 0.6 is 0 Å². The third-order valence-corrected chi connectivity index (χ3v) is 14.3. The van der Waals surface area contributed by atoms with Gasteiger partial charge in [-0.15, -0.1) is 0 Å². The molecule has 2 amide bonds. The Morgan fingerprint density at radius 2 is 1.78 bits per heavy atom. The van der Waals surface area contributed by atoms with Crippen LogP contribution in [-0.4, -0.2) is 57.0 Å². The van der Waals surface area contributed by atoms with Gasteiger partial charge in [0.25, 0.3) is 5.91 Å². The van der Waals surface area contributed by atoms with Crippen LogP contribution in [0.15, 0.2) is 72.8 Å². The first kappa shape index (κ1) is 31.0. The summed E-state index contributed by atoms with van der Waals surface area (Å²) in [6, 6.07) is 23.5. The molecular weight excluding hydrogens is 588 g/mol.